The molecular weight excluding hydrogens is 486 g/mol. The Morgan fingerprint density at radius 3 is 2.65 bits per heavy atom. The maximum atomic E-state index is 13.8. The number of hydrogen-bond donors (Lipinski definition) is 0. The van der Waals surface area contributed by atoms with Crippen LogP contribution in [0.15, 0.2) is 51.9 Å². The van der Waals surface area contributed by atoms with E-state index in [-0.39, 0.29) is 29.0 Å². The van der Waals surface area contributed by atoms with E-state index in [1.807, 2.05) is 55.2 Å². The Kier molecular flexibility index (Phi) is 7.05. The Balaban J connectivity index is 1.35. The van der Waals surface area contributed by atoms with Gasteiger partial charge < -0.3 is 9.42 Å². The normalized spacial score (nSPS) is 18.8. The third kappa shape index (κ3) is 5.13. The molecule has 37 heavy (non-hydrogen) atoms. The SMILES string of the molecule is Cc1ccc(C)c(C=Cc2onc(C)c2S(=O)(=O)N2CCCC(C(=O)N3CCc4ccccc4C3)C2)c1. The van der Waals surface area contributed by atoms with Crippen LogP contribution in [-0.2, 0) is 27.8 Å². The van der Waals surface area contributed by atoms with E-state index in [0.717, 1.165) is 23.1 Å². The Hall–Kier alpha value is -3.23. The molecule has 1 fully saturated rings. The molecule has 1 aromatic heterocycles. The zero-order valence-electron chi connectivity index (χ0n) is 21.6. The fraction of sp³-hybridized carbons (Fsp3) is 0.379. The fourth-order valence-electron chi connectivity index (χ4n) is 5.34. The van der Waals surface area contributed by atoms with Crippen LogP contribution in [0.1, 0.15) is 52.1 Å². The maximum Gasteiger partial charge on any atom is 0.248 e. The van der Waals surface area contributed by atoms with Gasteiger partial charge in [0.05, 0.1) is 5.92 Å². The number of rotatable bonds is 5. The Morgan fingerprint density at radius 1 is 1.05 bits per heavy atom. The molecule has 8 heteroatoms. The number of amides is 1. The first-order chi connectivity index (χ1) is 17.7. The maximum absolute atomic E-state index is 13.8. The summed E-state index contributed by atoms with van der Waals surface area (Å²) in [7, 11) is -3.89. The van der Waals surface area contributed by atoms with Crippen LogP contribution in [0, 0.1) is 26.7 Å². The van der Waals surface area contributed by atoms with Crippen molar-refractivity contribution in [3.63, 3.8) is 0 Å². The first-order valence-electron chi connectivity index (χ1n) is 12.8. The highest BCUT2D eigenvalue weighted by molar-refractivity contribution is 7.89. The number of piperidine rings is 1. The Morgan fingerprint density at radius 2 is 1.84 bits per heavy atom. The Bertz CT molecular complexity index is 1460. The van der Waals surface area contributed by atoms with Crippen LogP contribution in [-0.4, -0.2) is 48.3 Å². The minimum Gasteiger partial charge on any atom is -0.355 e. The van der Waals surface area contributed by atoms with Crippen molar-refractivity contribution in [1.82, 2.24) is 14.4 Å². The van der Waals surface area contributed by atoms with Crippen LogP contribution in [0.5, 0.6) is 0 Å². The quantitative estimate of drug-likeness (QED) is 0.486. The van der Waals surface area contributed by atoms with E-state index < -0.39 is 10.0 Å². The van der Waals surface area contributed by atoms with Crippen LogP contribution < -0.4 is 0 Å². The molecule has 194 valence electrons. The number of carbonyl (C=O) groups excluding carboxylic acids is 1. The molecule has 5 rings (SSSR count). The summed E-state index contributed by atoms with van der Waals surface area (Å²) < 4.78 is 34.5. The lowest BCUT2D eigenvalue weighted by molar-refractivity contribution is -0.137. The van der Waals surface area contributed by atoms with Crippen molar-refractivity contribution >= 4 is 28.1 Å². The molecule has 1 saturated heterocycles. The molecule has 0 N–H and O–H groups in total. The highest BCUT2D eigenvalue weighted by atomic mass is 32.2. The summed E-state index contributed by atoms with van der Waals surface area (Å²) in [6.07, 6.45) is 5.68. The minimum absolute atomic E-state index is 0.0338. The third-order valence-electron chi connectivity index (χ3n) is 7.46. The van der Waals surface area contributed by atoms with Gasteiger partial charge >= 0.3 is 0 Å². The van der Waals surface area contributed by atoms with Gasteiger partial charge in [-0.3, -0.25) is 4.79 Å². The first-order valence-corrected chi connectivity index (χ1v) is 14.3. The summed E-state index contributed by atoms with van der Waals surface area (Å²) in [5, 5.41) is 3.97. The molecule has 1 amide bonds. The number of fused-ring (bicyclic) bond motifs is 1. The topological polar surface area (TPSA) is 83.7 Å². The summed E-state index contributed by atoms with van der Waals surface area (Å²) in [4.78, 5) is 15.4. The van der Waals surface area contributed by atoms with E-state index in [1.54, 1.807) is 13.0 Å². The van der Waals surface area contributed by atoms with E-state index in [2.05, 4.69) is 17.3 Å². The van der Waals surface area contributed by atoms with Crippen LogP contribution >= 0.6 is 0 Å². The molecule has 7 nitrogen and oxygen atoms in total. The number of aryl methyl sites for hydroxylation is 3. The van der Waals surface area contributed by atoms with Crippen molar-refractivity contribution in [1.29, 1.82) is 0 Å². The third-order valence-corrected chi connectivity index (χ3v) is 9.48. The second kappa shape index (κ2) is 10.3. The molecule has 0 saturated carbocycles. The van der Waals surface area contributed by atoms with Crippen molar-refractivity contribution in [3.8, 4) is 0 Å². The minimum atomic E-state index is -3.89. The molecule has 2 aliphatic rings. The molecule has 1 atom stereocenters. The summed E-state index contributed by atoms with van der Waals surface area (Å²) >= 11 is 0. The smallest absolute Gasteiger partial charge is 0.248 e. The van der Waals surface area contributed by atoms with Gasteiger partial charge in [-0.1, -0.05) is 59.3 Å². The van der Waals surface area contributed by atoms with Crippen molar-refractivity contribution in [2.24, 2.45) is 5.92 Å². The summed E-state index contributed by atoms with van der Waals surface area (Å²) in [6.45, 7) is 7.46. The highest BCUT2D eigenvalue weighted by Crippen LogP contribution is 2.31. The van der Waals surface area contributed by atoms with Crippen LogP contribution in [0.3, 0.4) is 0 Å². The average molecular weight is 520 g/mol. The van der Waals surface area contributed by atoms with Gasteiger partial charge in [-0.2, -0.15) is 4.31 Å². The molecule has 0 aliphatic carbocycles. The standard InChI is InChI=1S/C29H33N3O4S/c1-20-10-11-21(2)24(17-20)12-13-27-28(22(3)30-36-27)37(34,35)32-15-6-9-26(19-32)29(33)31-16-14-23-7-4-5-8-25(23)18-31/h4-5,7-8,10-13,17,26H,6,9,14-16,18-19H2,1-3H3. The van der Waals surface area contributed by atoms with E-state index in [9.17, 15) is 13.2 Å². The molecule has 3 aromatic rings. The summed E-state index contributed by atoms with van der Waals surface area (Å²) in [5.74, 6) is -0.117. The van der Waals surface area contributed by atoms with Gasteiger partial charge in [0.1, 0.15) is 5.69 Å². The number of hydrogen-bond acceptors (Lipinski definition) is 5. The van der Waals surface area contributed by atoms with Crippen molar-refractivity contribution in [3.05, 3.63) is 81.7 Å². The number of sulfonamides is 1. The largest absolute Gasteiger partial charge is 0.355 e. The van der Waals surface area contributed by atoms with Gasteiger partial charge in [0.15, 0.2) is 10.7 Å². The van der Waals surface area contributed by atoms with Crippen molar-refractivity contribution in [2.45, 2.75) is 51.5 Å². The number of nitrogens with zero attached hydrogens (tertiary/aromatic N) is 3. The lowest BCUT2D eigenvalue weighted by Crippen LogP contribution is -2.47. The number of aromatic nitrogens is 1. The molecule has 1 unspecified atom stereocenters. The zero-order chi connectivity index (χ0) is 26.2. The van der Waals surface area contributed by atoms with Crippen LogP contribution in [0.4, 0.5) is 0 Å². The summed E-state index contributed by atoms with van der Waals surface area (Å²) in [6, 6.07) is 14.3. The molecule has 0 bridgehead atoms. The van der Waals surface area contributed by atoms with E-state index in [4.69, 9.17) is 4.52 Å². The molecule has 3 heterocycles. The second-order valence-electron chi connectivity index (χ2n) is 10.1. The van der Waals surface area contributed by atoms with Crippen LogP contribution in [0.2, 0.25) is 0 Å². The van der Waals surface area contributed by atoms with E-state index >= 15 is 0 Å². The van der Waals surface area contributed by atoms with Gasteiger partial charge in [0, 0.05) is 26.2 Å². The van der Waals surface area contributed by atoms with Gasteiger partial charge in [-0.05, 0) is 68.4 Å². The van der Waals surface area contributed by atoms with Crippen LogP contribution in [0.25, 0.3) is 12.2 Å². The van der Waals surface area contributed by atoms with Crippen molar-refractivity contribution < 1.29 is 17.7 Å². The number of carbonyl (C=O) groups is 1. The molecule has 2 aliphatic heterocycles. The number of benzene rings is 2. The Labute approximate surface area is 218 Å². The van der Waals surface area contributed by atoms with E-state index in [0.29, 0.717) is 38.2 Å². The average Bonchev–Trinajstić information content (AvgIpc) is 3.29. The monoisotopic (exact) mass is 519 g/mol. The van der Waals surface area contributed by atoms with E-state index in [1.165, 1.54) is 15.4 Å². The molecule has 0 radical (unpaired) electrons. The predicted octanol–water partition coefficient (Wildman–Crippen LogP) is 4.76. The van der Waals surface area contributed by atoms with Gasteiger partial charge in [-0.25, -0.2) is 8.42 Å². The van der Waals surface area contributed by atoms with Gasteiger partial charge in [0.2, 0.25) is 15.9 Å². The molecular formula is C29H33N3O4S. The summed E-state index contributed by atoms with van der Waals surface area (Å²) in [5.41, 5.74) is 5.96. The first kappa shape index (κ1) is 25.4. The molecule has 2 aromatic carbocycles. The zero-order valence-corrected chi connectivity index (χ0v) is 22.4. The second-order valence-corrected chi connectivity index (χ2v) is 12.0. The molecule has 0 spiro atoms. The van der Waals surface area contributed by atoms with Gasteiger partial charge in [-0.15, -0.1) is 0 Å². The van der Waals surface area contributed by atoms with Gasteiger partial charge in [0.25, 0.3) is 0 Å². The highest BCUT2D eigenvalue weighted by Gasteiger charge is 2.38. The van der Waals surface area contributed by atoms with Crippen molar-refractivity contribution in [2.75, 3.05) is 19.6 Å². The predicted molar refractivity (Wildman–Crippen MR) is 143 cm³/mol. The fourth-order valence-corrected chi connectivity index (χ4v) is 7.11. The lowest BCUT2D eigenvalue weighted by atomic mass is 9.95. The lowest BCUT2D eigenvalue weighted by Gasteiger charge is -2.36.